The van der Waals surface area contributed by atoms with Gasteiger partial charge in [0.05, 0.1) is 88.4 Å². The van der Waals surface area contributed by atoms with Crippen molar-refractivity contribution < 1.29 is 172 Å². The van der Waals surface area contributed by atoms with Gasteiger partial charge in [0.25, 0.3) is 0 Å². The molecule has 0 aliphatic heterocycles. The van der Waals surface area contributed by atoms with Gasteiger partial charge in [-0.3, -0.25) is 43.2 Å². The van der Waals surface area contributed by atoms with E-state index in [2.05, 4.69) is 16.0 Å². The largest absolute Gasteiger partial charge is 0.303 e. The van der Waals surface area contributed by atoms with Gasteiger partial charge < -0.3 is 47.9 Å². The van der Waals surface area contributed by atoms with Crippen LogP contribution in [0.2, 0.25) is 45.2 Å². The van der Waals surface area contributed by atoms with E-state index in [0.717, 1.165) is 50.2 Å². The van der Waals surface area contributed by atoms with E-state index in [1.165, 1.54) is 116 Å². The first-order valence-corrected chi connectivity index (χ1v) is 43.3. The highest BCUT2D eigenvalue weighted by Crippen LogP contribution is 2.24. The molecule has 0 heterocycles. The Morgan fingerprint density at radius 3 is 0.542 bits per heavy atom. The Morgan fingerprint density at radius 1 is 0.215 bits per heavy atom. The molecule has 9 aromatic carbocycles. The average Bonchev–Trinajstić information content (AvgIpc) is 0.688. The highest BCUT2D eigenvalue weighted by atomic mass is 35.5. The summed E-state index contributed by atoms with van der Waals surface area (Å²) in [5, 5.41) is 15.4. The van der Waals surface area contributed by atoms with Crippen LogP contribution < -0.4 is 47.9 Å². The molecule has 0 radical (unpaired) electrons. The Balaban J connectivity index is 0.00000134. The third kappa shape index (κ3) is 60.0. The SMILES string of the molecule is [2H]C([2H])([2H])C(C)(C)N[C@@]([2H])(C(=O)c1cccc(Cl)c1)C([2H])([2H])[2H].[2H]C([2H])([2H])C(C)(N[C@@]([2H])(C(=O)c1cccc(Cl)c1)C([2H])([2H])[2H])C([2H])([2H])[2H].[2H]C([2H])([2H])C(C)(N[C@]([2H])(C(=O)c1cccc(Cl)c1)C([2H])([2H])[2H])C([2H])([2H])[2H].[2H]C([2H])([2H])C(N[C@@]([2H])(C(=O)c1cccc(Cl)c1)C([2H])([2H])[2H])(C([2H])([2H])[2H])C([2H])([2H])[2H].[2H]C([2H])([2H])C(N[C@]([2H])(C(=O)c1cccc(Cl)c1)C([2H])([2H])[2H])(C([2H])([2H])[2H])C([2H])([2H])[2H].[2H]c1c([2H])c(Cl)c([2H])c(C(=O)[C@@]([2H])(C)NC(C([2H])([2H])[2H])(C([2H])([2H])[2H])C([2H])([2H])[2H])c1[2H].[2H]c1c([2H])c(Cl)c([2H])c(C(=O)[C@]([2H])(C)NC(C([2H])([2H])[2H])(C([2H])([2H])[2H])C([2H])([2H])[2H])c1[2H].[2H]c1c([2H])c(Cl)c([2H])c(C(=O)[C@]([2H])(C)NC(C)(C)C)c1[2H].[2H]c1c([2H])c(Cl)c([2H])c(C(=O)[C@]([2H])(NC(C)(C)C)C([2H])([2H])[2H])c1[2H]. The molecule has 0 fully saturated rings. The summed E-state index contributed by atoms with van der Waals surface area (Å²) >= 11 is 51.8. The van der Waals surface area contributed by atoms with Crippen molar-refractivity contribution >= 4 is 156 Å². The van der Waals surface area contributed by atoms with Crippen LogP contribution in [-0.4, -0.2) is 156 Å². The second-order valence-electron chi connectivity index (χ2n) is 31.9. The maximum absolute atomic E-state index is 12.9. The van der Waals surface area contributed by atoms with Crippen molar-refractivity contribution in [2.24, 2.45) is 0 Å². The minimum atomic E-state index is -3.89. The first-order valence-electron chi connectivity index (χ1n) is 86.9. The van der Waals surface area contributed by atoms with Crippen molar-refractivity contribution in [3.05, 3.63) is 313 Å². The fraction of sp³-hybridized carbons (Fsp3) is 0.462. The molecule has 0 amide bonds. The molecule has 144 heavy (non-hydrogen) atoms. The van der Waals surface area contributed by atoms with Gasteiger partial charge in [-0.2, -0.15) is 0 Å². The monoisotopic (exact) mass is 2250 g/mol. The van der Waals surface area contributed by atoms with Crippen molar-refractivity contribution in [3.63, 3.8) is 0 Å². The topological polar surface area (TPSA) is 262 Å². The van der Waals surface area contributed by atoms with Crippen LogP contribution in [0.25, 0.3) is 0 Å². The van der Waals surface area contributed by atoms with Crippen LogP contribution in [0.1, 0.15) is 470 Å². The minimum Gasteiger partial charge on any atom is -0.303 e. The number of halogens is 9. The third-order valence-electron chi connectivity index (χ3n) is 14.7. The lowest BCUT2D eigenvalue weighted by molar-refractivity contribution is 0.0929. The van der Waals surface area contributed by atoms with Gasteiger partial charge in [-0.15, -0.1) is 0 Å². The van der Waals surface area contributed by atoms with Crippen LogP contribution in [0.4, 0.5) is 0 Å². The lowest BCUT2D eigenvalue weighted by atomic mass is 10.0. The smallest absolute Gasteiger partial charge is 0.179 e. The van der Waals surface area contributed by atoms with E-state index in [-0.39, 0.29) is 46.8 Å². The van der Waals surface area contributed by atoms with Crippen LogP contribution in [-0.2, 0) is 0 Å². The summed E-state index contributed by atoms with van der Waals surface area (Å²) in [7, 11) is 0. The van der Waals surface area contributed by atoms with Crippen molar-refractivity contribution in [2.45, 2.75) is 352 Å². The second kappa shape index (κ2) is 61.4. The van der Waals surface area contributed by atoms with Gasteiger partial charge in [0, 0.05) is 240 Å². The zero-order valence-electron chi connectivity index (χ0n) is 172. The average molecular weight is 2250 g/mol. The first-order chi connectivity index (χ1) is 104. The highest BCUT2D eigenvalue weighted by molar-refractivity contribution is 6.34. The maximum Gasteiger partial charge on any atom is 0.179 e. The number of nitrogens with one attached hydrogen (secondary N) is 9. The molecule has 9 aromatic rings. The van der Waals surface area contributed by atoms with E-state index in [1.54, 1.807) is 52.2 Å². The Morgan fingerprint density at radius 2 is 0.368 bits per heavy atom. The van der Waals surface area contributed by atoms with Gasteiger partial charge in [0.15, 0.2) is 52.0 Å². The lowest BCUT2D eigenvalue weighted by Gasteiger charge is -2.25. The van der Waals surface area contributed by atoms with Crippen LogP contribution in [0.5, 0.6) is 0 Å². The third-order valence-corrected chi connectivity index (χ3v) is 16.7. The van der Waals surface area contributed by atoms with Gasteiger partial charge >= 0.3 is 0 Å². The molecule has 18 nitrogen and oxygen atoms in total. The van der Waals surface area contributed by atoms with Crippen LogP contribution in [0.3, 0.4) is 0 Å². The number of carbonyl (C=O) groups excluding carboxylic acids is 9. The molecule has 27 heteroatoms. The van der Waals surface area contributed by atoms with Crippen molar-refractivity contribution in [3.8, 4) is 0 Å². The fourth-order valence-electron chi connectivity index (χ4n) is 9.49. The molecule has 9 N–H and O–H groups in total. The molecule has 0 aliphatic carbocycles. The standard InChI is InChI=1S/9C13H18ClNO/c9*1-9(15-13(2,3)4)12(16)10-6-5-7-11(14)8-10/h9*5-9,15H,1-4H3/t9*9-/m111110000/s1/i2D3,3D3,4D3,5D,6D,7D,8D,9D;1D3,5D,6D,7D,8D,9D;1D3,2D3,3D3,4D3,9D;1D3,2D3,3D3,9D;1D3,2D3,9D;2D3,3D3,4D3,5D,6D,7D,8D,9D;5D,6D,7D,8D,9D;1D3,2D3,3D3,4D3,9D;1D3,2D3,3D3,9D. The highest BCUT2D eigenvalue weighted by Gasteiger charge is 2.30. The van der Waals surface area contributed by atoms with E-state index in [4.69, 9.17) is 233 Å². The van der Waals surface area contributed by atoms with Gasteiger partial charge in [0.1, 0.15) is 0 Å². The van der Waals surface area contributed by atoms with E-state index >= 15 is 0 Å². The Bertz CT molecular complexity index is 9290. The minimum absolute atomic E-state index is 0.0162. The molecule has 9 atom stereocenters. The van der Waals surface area contributed by atoms with Crippen molar-refractivity contribution in [1.29, 1.82) is 0 Å². The first kappa shape index (κ1) is 47.0. The number of carbonyl (C=O) groups is 9. The normalized spacial score (nSPS) is 27.1. The zero-order valence-corrected chi connectivity index (χ0v) is 84.9. The summed E-state index contributed by atoms with van der Waals surface area (Å²) in [4.78, 5) is 115. The van der Waals surface area contributed by atoms with Crippen molar-refractivity contribution in [1.82, 2.24) is 47.9 Å². The molecule has 0 bridgehead atoms. The number of ketones is 9. The maximum atomic E-state index is 12.9. The molecular formula is C117H162Cl9N9O9. The van der Waals surface area contributed by atoms with E-state index in [0.29, 0.717) is 13.8 Å². The number of benzene rings is 9. The molecule has 0 saturated heterocycles. The van der Waals surface area contributed by atoms with Gasteiger partial charge in [-0.05, 0) is 357 Å². The number of Topliss-reactive ketones (excluding diaryl/α,β-unsaturated/α-hetero) is 9. The van der Waals surface area contributed by atoms with Crippen LogP contribution >= 0.6 is 104 Å². The summed E-state index contributed by atoms with van der Waals surface area (Å²) in [5.41, 5.74) is -28.7. The second-order valence-corrected chi connectivity index (χ2v) is 35.6. The molecule has 792 valence electrons. The number of hydrogen-bond acceptors (Lipinski definition) is 18. The molecular weight excluding hydrogens is 1990 g/mol. The molecule has 0 aromatic heterocycles. The summed E-state index contributed by atoms with van der Waals surface area (Å²) < 4.78 is 719. The zero-order chi connectivity index (χ0) is 191. The van der Waals surface area contributed by atoms with Crippen molar-refractivity contribution in [2.75, 3.05) is 0 Å². The number of rotatable bonds is 27. The van der Waals surface area contributed by atoms with Gasteiger partial charge in [-0.25, -0.2) is 0 Å². The molecule has 0 saturated carbocycles. The summed E-state index contributed by atoms with van der Waals surface area (Å²) in [5.74, 6) is -12.1. The molecule has 0 aliphatic rings. The summed E-state index contributed by atoms with van der Waals surface area (Å²) in [6, 6.07) is -13.9. The Hall–Kier alpha value is -7.74. The van der Waals surface area contributed by atoms with E-state index < -0.39 is 459 Å². The summed E-state index contributed by atoms with van der Waals surface area (Å²) in [6.45, 7) is -64.7. The molecule has 0 unspecified atom stereocenters. The van der Waals surface area contributed by atoms with Crippen LogP contribution in [0, 0.1) is 0 Å². The lowest BCUT2D eigenvalue weighted by Crippen LogP contribution is -2.46. The fourth-order valence-corrected chi connectivity index (χ4v) is 11.0. The molecule has 9 rings (SSSR count). The van der Waals surface area contributed by atoms with Gasteiger partial charge in [-0.1, -0.05) is 213 Å². The Labute approximate surface area is 1040 Å². The summed E-state index contributed by atoms with van der Waals surface area (Å²) in [6.07, 6.45) is 0. The Kier molecular flexibility index (Phi) is 20.1. The van der Waals surface area contributed by atoms with E-state index in [1.807, 2.05) is 10.6 Å². The predicted octanol–water partition coefficient (Wildman–Crippen LogP) is 29.7. The predicted molar refractivity (Wildman–Crippen MR) is 613 cm³/mol. The number of hydrogen-bond donors (Lipinski definition) is 9. The van der Waals surface area contributed by atoms with Crippen LogP contribution in [0.15, 0.2) is 218 Å². The molecule has 0 spiro atoms. The van der Waals surface area contributed by atoms with E-state index in [9.17, 15) is 43.2 Å². The van der Waals surface area contributed by atoms with Gasteiger partial charge in [0.2, 0.25) is 0 Å². The quantitative estimate of drug-likeness (QED) is 0.0217.